The highest BCUT2D eigenvalue weighted by molar-refractivity contribution is 8.15. The maximum Gasteiger partial charge on any atom is 0.305 e. The number of rotatable bonds is 7. The van der Waals surface area contributed by atoms with Gasteiger partial charge in [0, 0.05) is 13.0 Å². The number of para-hydroxylation sites is 2. The molecule has 0 aliphatic carbocycles. The number of anilines is 1. The third-order valence-corrected chi connectivity index (χ3v) is 4.32. The van der Waals surface area contributed by atoms with Crippen molar-refractivity contribution in [2.45, 2.75) is 18.1 Å². The molecule has 1 aromatic rings. The Hall–Kier alpha value is -2.55. The third-order valence-electron chi connectivity index (χ3n) is 3.28. The van der Waals surface area contributed by atoms with Gasteiger partial charge in [0.05, 0.1) is 19.2 Å². The van der Waals surface area contributed by atoms with Crippen molar-refractivity contribution < 1.29 is 29.0 Å². The van der Waals surface area contributed by atoms with Gasteiger partial charge in [-0.2, -0.15) is 0 Å². The van der Waals surface area contributed by atoms with Crippen LogP contribution in [0.15, 0.2) is 24.3 Å². The van der Waals surface area contributed by atoms with E-state index in [1.807, 2.05) is 0 Å². The van der Waals surface area contributed by atoms with Gasteiger partial charge in [0.15, 0.2) is 0 Å². The first-order chi connectivity index (χ1) is 11.4. The van der Waals surface area contributed by atoms with E-state index in [1.54, 1.807) is 24.3 Å². The van der Waals surface area contributed by atoms with Gasteiger partial charge in [-0.3, -0.25) is 19.2 Å². The molecule has 3 amide bonds. The van der Waals surface area contributed by atoms with E-state index >= 15 is 0 Å². The number of methoxy groups -OCH3 is 1. The average Bonchev–Trinajstić information content (AvgIpc) is 2.80. The quantitative estimate of drug-likeness (QED) is 0.759. The monoisotopic (exact) mass is 352 g/mol. The van der Waals surface area contributed by atoms with Crippen LogP contribution < -0.4 is 15.0 Å². The summed E-state index contributed by atoms with van der Waals surface area (Å²) < 4.78 is 5.16. The maximum absolute atomic E-state index is 12.5. The first kappa shape index (κ1) is 17.8. The number of nitrogens with zero attached hydrogens (tertiary/aromatic N) is 1. The molecule has 9 heteroatoms. The van der Waals surface area contributed by atoms with E-state index < -0.39 is 28.3 Å². The molecule has 2 rings (SSSR count). The SMILES string of the molecule is COc1ccccc1N1C(=O)SC(CC(=O)NCCC(=O)O)C1=O. The van der Waals surface area contributed by atoms with E-state index in [4.69, 9.17) is 9.84 Å². The summed E-state index contributed by atoms with van der Waals surface area (Å²) >= 11 is 0.769. The number of benzene rings is 1. The number of carbonyl (C=O) groups is 4. The highest BCUT2D eigenvalue weighted by atomic mass is 32.2. The minimum absolute atomic E-state index is 0.0239. The van der Waals surface area contributed by atoms with Crippen molar-refractivity contribution in [1.82, 2.24) is 5.32 Å². The summed E-state index contributed by atoms with van der Waals surface area (Å²) in [5.41, 5.74) is 0.330. The van der Waals surface area contributed by atoms with Crippen LogP contribution in [0, 0.1) is 0 Å². The molecule has 8 nitrogen and oxygen atoms in total. The molecule has 1 atom stereocenters. The summed E-state index contributed by atoms with van der Waals surface area (Å²) in [4.78, 5) is 47.8. The number of hydrogen-bond acceptors (Lipinski definition) is 6. The highest BCUT2D eigenvalue weighted by Gasteiger charge is 2.42. The summed E-state index contributed by atoms with van der Waals surface area (Å²) in [6.07, 6.45) is -0.399. The Balaban J connectivity index is 2.03. The second-order valence-corrected chi connectivity index (χ2v) is 6.07. The minimum atomic E-state index is -1.03. The Morgan fingerprint density at radius 2 is 2.04 bits per heavy atom. The zero-order chi connectivity index (χ0) is 17.7. The normalized spacial score (nSPS) is 17.0. The molecule has 1 aliphatic rings. The number of amides is 3. The van der Waals surface area contributed by atoms with Crippen molar-refractivity contribution in [3.8, 4) is 5.75 Å². The van der Waals surface area contributed by atoms with Crippen molar-refractivity contribution in [2.24, 2.45) is 0 Å². The number of imide groups is 1. The lowest BCUT2D eigenvalue weighted by molar-refractivity contribution is -0.137. The summed E-state index contributed by atoms with van der Waals surface area (Å²) in [6, 6.07) is 6.61. The number of aliphatic carboxylic acids is 1. The van der Waals surface area contributed by atoms with Gasteiger partial charge < -0.3 is 15.2 Å². The molecule has 1 heterocycles. The van der Waals surface area contributed by atoms with Crippen LogP contribution in [0.3, 0.4) is 0 Å². The van der Waals surface area contributed by atoms with E-state index in [-0.39, 0.29) is 19.4 Å². The summed E-state index contributed by atoms with van der Waals surface area (Å²) in [6.45, 7) is -0.0239. The summed E-state index contributed by atoms with van der Waals surface area (Å²) in [5.74, 6) is -1.62. The van der Waals surface area contributed by atoms with E-state index in [2.05, 4.69) is 5.32 Å². The fourth-order valence-electron chi connectivity index (χ4n) is 2.17. The van der Waals surface area contributed by atoms with Gasteiger partial charge in [-0.25, -0.2) is 4.90 Å². The smallest absolute Gasteiger partial charge is 0.305 e. The third kappa shape index (κ3) is 4.05. The molecule has 1 unspecified atom stereocenters. The molecule has 1 fully saturated rings. The number of thioether (sulfide) groups is 1. The van der Waals surface area contributed by atoms with Crippen molar-refractivity contribution in [1.29, 1.82) is 0 Å². The Labute approximate surface area is 142 Å². The van der Waals surface area contributed by atoms with E-state index in [1.165, 1.54) is 7.11 Å². The van der Waals surface area contributed by atoms with Crippen LogP contribution in [-0.4, -0.2) is 47.0 Å². The van der Waals surface area contributed by atoms with Gasteiger partial charge >= 0.3 is 5.97 Å². The number of carbonyl (C=O) groups excluding carboxylic acids is 3. The van der Waals surface area contributed by atoms with Gasteiger partial charge in [-0.1, -0.05) is 12.1 Å². The first-order valence-corrected chi connectivity index (χ1v) is 7.98. The Morgan fingerprint density at radius 3 is 2.71 bits per heavy atom. The molecule has 128 valence electrons. The van der Waals surface area contributed by atoms with E-state index in [9.17, 15) is 19.2 Å². The average molecular weight is 352 g/mol. The molecule has 0 spiro atoms. The van der Waals surface area contributed by atoms with Crippen LogP contribution in [0.4, 0.5) is 10.5 Å². The first-order valence-electron chi connectivity index (χ1n) is 7.10. The fraction of sp³-hybridized carbons (Fsp3) is 0.333. The number of carboxylic acids is 1. The minimum Gasteiger partial charge on any atom is -0.495 e. The zero-order valence-electron chi connectivity index (χ0n) is 12.9. The van der Waals surface area contributed by atoms with Crippen LogP contribution >= 0.6 is 11.8 Å². The molecule has 0 saturated carbocycles. The van der Waals surface area contributed by atoms with Crippen molar-refractivity contribution >= 4 is 40.5 Å². The van der Waals surface area contributed by atoms with Gasteiger partial charge in [0.1, 0.15) is 11.0 Å². The highest BCUT2D eigenvalue weighted by Crippen LogP contribution is 2.37. The molecule has 0 radical (unpaired) electrons. The number of hydrogen-bond donors (Lipinski definition) is 2. The molecule has 1 aliphatic heterocycles. The molecule has 0 aromatic heterocycles. The van der Waals surface area contributed by atoms with Gasteiger partial charge in [0.2, 0.25) is 11.8 Å². The predicted octanol–water partition coefficient (Wildman–Crippen LogP) is 1.24. The Bertz CT molecular complexity index is 678. The van der Waals surface area contributed by atoms with Crippen LogP contribution in [0.2, 0.25) is 0 Å². The predicted molar refractivity (Wildman–Crippen MR) is 87.1 cm³/mol. The number of ether oxygens (including phenoxy) is 1. The van der Waals surface area contributed by atoms with Crippen LogP contribution in [0.5, 0.6) is 5.75 Å². The zero-order valence-corrected chi connectivity index (χ0v) is 13.7. The summed E-state index contributed by atoms with van der Waals surface area (Å²) in [7, 11) is 1.43. The Kier molecular flexibility index (Phi) is 5.80. The molecule has 24 heavy (non-hydrogen) atoms. The molecular weight excluding hydrogens is 336 g/mol. The van der Waals surface area contributed by atoms with Crippen LogP contribution in [0.1, 0.15) is 12.8 Å². The lowest BCUT2D eigenvalue weighted by Crippen LogP contribution is -2.35. The number of carboxylic acid groups (broad SMARTS) is 1. The standard InChI is InChI=1S/C15H16N2O6S/c1-23-10-5-3-2-4-9(10)17-14(21)11(24-15(17)22)8-12(18)16-7-6-13(19)20/h2-5,11H,6-8H2,1H3,(H,16,18)(H,19,20). The van der Waals surface area contributed by atoms with Crippen molar-refractivity contribution in [3.63, 3.8) is 0 Å². The van der Waals surface area contributed by atoms with E-state index in [0.717, 1.165) is 16.7 Å². The summed E-state index contributed by atoms with van der Waals surface area (Å²) in [5, 5.41) is 9.62. The number of nitrogens with one attached hydrogen (secondary N) is 1. The maximum atomic E-state index is 12.5. The molecule has 1 saturated heterocycles. The lowest BCUT2D eigenvalue weighted by Gasteiger charge is -2.16. The largest absolute Gasteiger partial charge is 0.495 e. The fourth-order valence-corrected chi connectivity index (χ4v) is 3.15. The van der Waals surface area contributed by atoms with Crippen molar-refractivity contribution in [3.05, 3.63) is 24.3 Å². The molecular formula is C15H16N2O6S. The van der Waals surface area contributed by atoms with Crippen LogP contribution in [-0.2, 0) is 14.4 Å². The topological polar surface area (TPSA) is 113 Å². The molecule has 2 N–H and O–H groups in total. The van der Waals surface area contributed by atoms with Crippen LogP contribution in [0.25, 0.3) is 0 Å². The second kappa shape index (κ2) is 7.82. The molecule has 0 bridgehead atoms. The lowest BCUT2D eigenvalue weighted by atomic mass is 10.2. The van der Waals surface area contributed by atoms with Gasteiger partial charge in [0.25, 0.3) is 5.24 Å². The molecule has 1 aromatic carbocycles. The van der Waals surface area contributed by atoms with Crippen molar-refractivity contribution in [2.75, 3.05) is 18.6 Å². The van der Waals surface area contributed by atoms with Gasteiger partial charge in [-0.05, 0) is 23.9 Å². The van der Waals surface area contributed by atoms with E-state index in [0.29, 0.717) is 11.4 Å². The van der Waals surface area contributed by atoms with Gasteiger partial charge in [-0.15, -0.1) is 0 Å². The Morgan fingerprint density at radius 1 is 1.33 bits per heavy atom. The second-order valence-electron chi connectivity index (χ2n) is 4.92.